The van der Waals surface area contributed by atoms with Crippen LogP contribution in [0, 0.1) is 10.8 Å². The zero-order chi connectivity index (χ0) is 10.2. The summed E-state index contributed by atoms with van der Waals surface area (Å²) in [5, 5.41) is 0. The first-order chi connectivity index (χ1) is 6.65. The van der Waals surface area contributed by atoms with E-state index in [1.54, 1.807) is 0 Å². The van der Waals surface area contributed by atoms with Crippen LogP contribution < -0.4 is 0 Å². The third-order valence-electron chi connectivity index (χ3n) is 3.79. The van der Waals surface area contributed by atoms with Crippen molar-refractivity contribution in [2.24, 2.45) is 10.8 Å². The second-order valence-electron chi connectivity index (χ2n) is 4.67. The molecule has 0 aromatic carbocycles. The Morgan fingerprint density at radius 1 is 1.57 bits per heavy atom. The van der Waals surface area contributed by atoms with Crippen LogP contribution in [-0.2, 0) is 14.3 Å². The Balaban J connectivity index is 2.02. The summed E-state index contributed by atoms with van der Waals surface area (Å²) in [5.41, 5.74) is -0.152. The second-order valence-corrected chi connectivity index (χ2v) is 4.67. The highest BCUT2D eigenvalue weighted by Crippen LogP contribution is 2.67. The molecular weight excluding hydrogens is 180 g/mol. The Bertz CT molecular complexity index is 243. The molecule has 14 heavy (non-hydrogen) atoms. The van der Waals surface area contributed by atoms with Crippen LogP contribution >= 0.6 is 0 Å². The maximum Gasteiger partial charge on any atom is 0.312 e. The number of ether oxygens (including phenoxy) is 2. The van der Waals surface area contributed by atoms with Gasteiger partial charge in [-0.3, -0.25) is 4.79 Å². The van der Waals surface area contributed by atoms with Gasteiger partial charge in [-0.15, -0.1) is 0 Å². The molecule has 2 unspecified atom stereocenters. The van der Waals surface area contributed by atoms with Gasteiger partial charge in [0, 0.05) is 12.0 Å². The van der Waals surface area contributed by atoms with Crippen LogP contribution in [0.25, 0.3) is 0 Å². The summed E-state index contributed by atoms with van der Waals surface area (Å²) >= 11 is 0. The fourth-order valence-electron chi connectivity index (χ4n) is 2.64. The van der Waals surface area contributed by atoms with Crippen molar-refractivity contribution >= 4 is 5.97 Å². The van der Waals surface area contributed by atoms with Gasteiger partial charge in [0.1, 0.15) is 0 Å². The number of hydrogen-bond donors (Lipinski definition) is 0. The van der Waals surface area contributed by atoms with Crippen LogP contribution in [0.15, 0.2) is 0 Å². The van der Waals surface area contributed by atoms with Crippen molar-refractivity contribution in [2.45, 2.75) is 33.1 Å². The highest BCUT2D eigenvalue weighted by Gasteiger charge is 2.69. The molecule has 0 radical (unpaired) electrons. The molecule has 2 fully saturated rings. The predicted octanol–water partition coefficient (Wildman–Crippen LogP) is 1.76. The van der Waals surface area contributed by atoms with E-state index in [2.05, 4.69) is 0 Å². The summed E-state index contributed by atoms with van der Waals surface area (Å²) in [4.78, 5) is 11.7. The molecular formula is C11H18O3. The van der Waals surface area contributed by atoms with E-state index in [4.69, 9.17) is 9.47 Å². The van der Waals surface area contributed by atoms with Gasteiger partial charge >= 0.3 is 5.97 Å². The van der Waals surface area contributed by atoms with Crippen molar-refractivity contribution in [1.29, 1.82) is 0 Å². The van der Waals surface area contributed by atoms with Gasteiger partial charge in [0.15, 0.2) is 0 Å². The molecule has 1 spiro atoms. The summed E-state index contributed by atoms with van der Waals surface area (Å²) in [6.07, 6.45) is 3.14. The zero-order valence-electron chi connectivity index (χ0n) is 8.97. The number of carbonyl (C=O) groups is 1. The lowest BCUT2D eigenvalue weighted by Crippen LogP contribution is -2.29. The molecule has 1 aliphatic heterocycles. The van der Waals surface area contributed by atoms with Gasteiger partial charge in [-0.25, -0.2) is 0 Å². The van der Waals surface area contributed by atoms with Gasteiger partial charge in [-0.2, -0.15) is 0 Å². The van der Waals surface area contributed by atoms with Gasteiger partial charge in [-0.05, 0) is 33.1 Å². The average molecular weight is 198 g/mol. The Morgan fingerprint density at radius 3 is 2.93 bits per heavy atom. The molecule has 2 rings (SSSR count). The minimum Gasteiger partial charge on any atom is -0.466 e. The molecule has 80 valence electrons. The Morgan fingerprint density at radius 2 is 2.36 bits per heavy atom. The summed E-state index contributed by atoms with van der Waals surface area (Å²) in [5.74, 6) is -0.0366. The van der Waals surface area contributed by atoms with E-state index >= 15 is 0 Å². The van der Waals surface area contributed by atoms with E-state index in [9.17, 15) is 4.79 Å². The quantitative estimate of drug-likeness (QED) is 0.634. The lowest BCUT2D eigenvalue weighted by Gasteiger charge is -2.25. The van der Waals surface area contributed by atoms with Crippen LogP contribution in [-0.4, -0.2) is 25.8 Å². The minimum absolute atomic E-state index is 0.0366. The minimum atomic E-state index is -0.260. The van der Waals surface area contributed by atoms with Crippen LogP contribution in [0.3, 0.4) is 0 Å². The van der Waals surface area contributed by atoms with Gasteiger partial charge in [-0.1, -0.05) is 0 Å². The fourth-order valence-corrected chi connectivity index (χ4v) is 2.64. The molecule has 1 saturated carbocycles. The Hall–Kier alpha value is -0.570. The van der Waals surface area contributed by atoms with Crippen molar-refractivity contribution in [3.63, 3.8) is 0 Å². The van der Waals surface area contributed by atoms with E-state index < -0.39 is 0 Å². The molecule has 3 nitrogen and oxygen atoms in total. The zero-order valence-corrected chi connectivity index (χ0v) is 8.97. The predicted molar refractivity (Wildman–Crippen MR) is 51.8 cm³/mol. The highest BCUT2D eigenvalue weighted by atomic mass is 16.5. The SMILES string of the molecule is CCOC(=O)C1(C)CC12CCCOC2. The van der Waals surface area contributed by atoms with Crippen LogP contribution in [0.4, 0.5) is 0 Å². The Kier molecular flexibility index (Phi) is 2.30. The molecule has 2 aliphatic rings. The van der Waals surface area contributed by atoms with Gasteiger partial charge < -0.3 is 9.47 Å². The second kappa shape index (κ2) is 3.23. The first-order valence-corrected chi connectivity index (χ1v) is 5.40. The summed E-state index contributed by atoms with van der Waals surface area (Å²) in [6.45, 7) is 5.93. The summed E-state index contributed by atoms with van der Waals surface area (Å²) in [6, 6.07) is 0. The van der Waals surface area contributed by atoms with Crippen LogP contribution in [0.2, 0.25) is 0 Å². The van der Waals surface area contributed by atoms with Crippen molar-refractivity contribution in [1.82, 2.24) is 0 Å². The van der Waals surface area contributed by atoms with E-state index in [0.29, 0.717) is 6.61 Å². The van der Waals surface area contributed by atoms with E-state index in [1.807, 2.05) is 13.8 Å². The lowest BCUT2D eigenvalue weighted by molar-refractivity contribution is -0.152. The number of hydrogen-bond acceptors (Lipinski definition) is 3. The molecule has 0 amide bonds. The molecule has 0 bridgehead atoms. The summed E-state index contributed by atoms with van der Waals surface area (Å²) < 4.78 is 10.6. The molecule has 1 aliphatic carbocycles. The van der Waals surface area contributed by atoms with Crippen LogP contribution in [0.1, 0.15) is 33.1 Å². The largest absolute Gasteiger partial charge is 0.466 e. The molecule has 2 atom stereocenters. The van der Waals surface area contributed by atoms with E-state index in [-0.39, 0.29) is 16.8 Å². The highest BCUT2D eigenvalue weighted by molar-refractivity contribution is 5.81. The van der Waals surface area contributed by atoms with Gasteiger partial charge in [0.2, 0.25) is 0 Å². The lowest BCUT2D eigenvalue weighted by atomic mass is 9.89. The first-order valence-electron chi connectivity index (χ1n) is 5.40. The van der Waals surface area contributed by atoms with E-state index in [1.165, 1.54) is 0 Å². The topological polar surface area (TPSA) is 35.5 Å². The van der Waals surface area contributed by atoms with Crippen molar-refractivity contribution in [3.8, 4) is 0 Å². The molecule has 3 heteroatoms. The fraction of sp³-hybridized carbons (Fsp3) is 0.909. The number of carbonyl (C=O) groups excluding carboxylic acids is 1. The molecule has 0 aromatic rings. The van der Waals surface area contributed by atoms with Crippen molar-refractivity contribution in [3.05, 3.63) is 0 Å². The average Bonchev–Trinajstić information content (AvgIpc) is 2.74. The molecule has 0 aromatic heterocycles. The monoisotopic (exact) mass is 198 g/mol. The van der Waals surface area contributed by atoms with Gasteiger partial charge in [0.05, 0.1) is 18.6 Å². The van der Waals surface area contributed by atoms with E-state index in [0.717, 1.165) is 32.5 Å². The third kappa shape index (κ3) is 1.26. The van der Waals surface area contributed by atoms with Crippen LogP contribution in [0.5, 0.6) is 0 Å². The Labute approximate surface area is 84.8 Å². The smallest absolute Gasteiger partial charge is 0.312 e. The summed E-state index contributed by atoms with van der Waals surface area (Å²) in [7, 11) is 0. The van der Waals surface area contributed by atoms with Crippen molar-refractivity contribution < 1.29 is 14.3 Å². The number of rotatable bonds is 2. The first kappa shape index (κ1) is 9.97. The molecule has 1 saturated heterocycles. The van der Waals surface area contributed by atoms with Crippen molar-refractivity contribution in [2.75, 3.05) is 19.8 Å². The normalized spacial score (nSPS) is 41.0. The third-order valence-corrected chi connectivity index (χ3v) is 3.79. The standard InChI is InChI=1S/C11H18O3/c1-3-14-9(12)10(2)7-11(10)5-4-6-13-8-11/h3-8H2,1-2H3. The molecule has 0 N–H and O–H groups in total. The maximum atomic E-state index is 11.7. The number of esters is 1. The van der Waals surface area contributed by atoms with Gasteiger partial charge in [0.25, 0.3) is 0 Å². The molecule has 1 heterocycles. The maximum absolute atomic E-state index is 11.7.